The molecule has 1 heterocycles. The second-order valence-electron chi connectivity index (χ2n) is 2.31. The number of likely N-dealkylation sites (tertiary alicyclic amines) is 1. The molecule has 1 aliphatic heterocycles. The first-order chi connectivity index (χ1) is 4.29. The smallest absolute Gasteiger partial charge is 0.0319 e. The fourth-order valence-electron chi connectivity index (χ4n) is 0.969. The van der Waals surface area contributed by atoms with Crippen LogP contribution in [0.3, 0.4) is 0 Å². The van der Waals surface area contributed by atoms with Crippen molar-refractivity contribution in [1.29, 1.82) is 0 Å². The molecular formula is C6H16N2O. The van der Waals surface area contributed by atoms with Gasteiger partial charge in [0.25, 0.3) is 0 Å². The highest BCUT2D eigenvalue weighted by molar-refractivity contribution is 4.74. The van der Waals surface area contributed by atoms with Gasteiger partial charge in [-0.3, -0.25) is 0 Å². The maximum Gasteiger partial charge on any atom is 0.0319 e. The van der Waals surface area contributed by atoms with Gasteiger partial charge in [-0.25, -0.2) is 0 Å². The SMILES string of the molecule is CN1CC[C@H](N)C1.CO. The highest BCUT2D eigenvalue weighted by Crippen LogP contribution is 2.01. The van der Waals surface area contributed by atoms with Crippen molar-refractivity contribution in [2.45, 2.75) is 12.5 Å². The van der Waals surface area contributed by atoms with E-state index in [1.165, 1.54) is 13.0 Å². The highest BCUT2D eigenvalue weighted by Gasteiger charge is 2.13. The van der Waals surface area contributed by atoms with E-state index < -0.39 is 0 Å². The van der Waals surface area contributed by atoms with Crippen LogP contribution in [0.2, 0.25) is 0 Å². The number of hydrogen-bond acceptors (Lipinski definition) is 3. The summed E-state index contributed by atoms with van der Waals surface area (Å²) in [6, 6.07) is 0.449. The summed E-state index contributed by atoms with van der Waals surface area (Å²) in [5, 5.41) is 7.00. The molecule has 3 heteroatoms. The van der Waals surface area contributed by atoms with Crippen molar-refractivity contribution in [1.82, 2.24) is 4.90 Å². The van der Waals surface area contributed by atoms with Gasteiger partial charge in [-0.05, 0) is 20.0 Å². The lowest BCUT2D eigenvalue weighted by atomic mass is 10.3. The molecule has 1 aliphatic rings. The average molecular weight is 132 g/mol. The van der Waals surface area contributed by atoms with E-state index in [0.29, 0.717) is 6.04 Å². The molecule has 9 heavy (non-hydrogen) atoms. The van der Waals surface area contributed by atoms with E-state index >= 15 is 0 Å². The Morgan fingerprint density at radius 2 is 2.11 bits per heavy atom. The van der Waals surface area contributed by atoms with E-state index in [2.05, 4.69) is 11.9 Å². The van der Waals surface area contributed by atoms with Crippen LogP contribution in [0, 0.1) is 0 Å². The van der Waals surface area contributed by atoms with Crippen molar-refractivity contribution >= 4 is 0 Å². The third-order valence-corrected chi connectivity index (χ3v) is 1.43. The number of nitrogens with two attached hydrogens (primary N) is 1. The number of hydrogen-bond donors (Lipinski definition) is 2. The van der Waals surface area contributed by atoms with Gasteiger partial charge in [0.2, 0.25) is 0 Å². The minimum atomic E-state index is 0.449. The number of aliphatic hydroxyl groups excluding tert-OH is 1. The molecule has 0 bridgehead atoms. The van der Waals surface area contributed by atoms with E-state index in [0.717, 1.165) is 13.7 Å². The van der Waals surface area contributed by atoms with Crippen LogP contribution in [0.1, 0.15) is 6.42 Å². The number of likely N-dealkylation sites (N-methyl/N-ethyl adjacent to an activating group) is 1. The van der Waals surface area contributed by atoms with Gasteiger partial charge in [-0.1, -0.05) is 0 Å². The van der Waals surface area contributed by atoms with Crippen LogP contribution in [0.15, 0.2) is 0 Å². The van der Waals surface area contributed by atoms with E-state index in [1.54, 1.807) is 0 Å². The predicted molar refractivity (Wildman–Crippen MR) is 38.2 cm³/mol. The van der Waals surface area contributed by atoms with Gasteiger partial charge in [0, 0.05) is 19.7 Å². The average Bonchev–Trinajstić information content (AvgIpc) is 2.20. The summed E-state index contributed by atoms with van der Waals surface area (Å²) in [5.74, 6) is 0. The summed E-state index contributed by atoms with van der Waals surface area (Å²) in [5.41, 5.74) is 5.58. The fraction of sp³-hybridized carbons (Fsp3) is 1.00. The number of aliphatic hydroxyl groups is 1. The van der Waals surface area contributed by atoms with E-state index in [4.69, 9.17) is 10.8 Å². The summed E-state index contributed by atoms with van der Waals surface area (Å²) >= 11 is 0. The van der Waals surface area contributed by atoms with Crippen LogP contribution in [0.25, 0.3) is 0 Å². The lowest BCUT2D eigenvalue weighted by Gasteiger charge is -2.03. The standard InChI is InChI=1S/C5H12N2.CH4O/c1-7-3-2-5(6)4-7;1-2/h5H,2-4,6H2,1H3;2H,1H3/t5-;/m0./s1. The largest absolute Gasteiger partial charge is 0.400 e. The summed E-state index contributed by atoms with van der Waals surface area (Å²) < 4.78 is 0. The molecule has 0 aromatic heterocycles. The molecule has 0 spiro atoms. The molecule has 3 N–H and O–H groups in total. The van der Waals surface area contributed by atoms with Crippen LogP contribution in [-0.2, 0) is 0 Å². The van der Waals surface area contributed by atoms with Gasteiger partial charge in [0.1, 0.15) is 0 Å². The maximum atomic E-state index is 7.00. The van der Waals surface area contributed by atoms with Crippen molar-refractivity contribution in [3.05, 3.63) is 0 Å². The van der Waals surface area contributed by atoms with Crippen LogP contribution in [-0.4, -0.2) is 43.3 Å². The van der Waals surface area contributed by atoms with E-state index in [1.807, 2.05) is 0 Å². The molecule has 0 radical (unpaired) electrons. The minimum Gasteiger partial charge on any atom is -0.400 e. The Hall–Kier alpha value is -0.120. The summed E-state index contributed by atoms with van der Waals surface area (Å²) in [7, 11) is 3.10. The number of rotatable bonds is 0. The Morgan fingerprint density at radius 3 is 2.22 bits per heavy atom. The summed E-state index contributed by atoms with van der Waals surface area (Å²) in [6.45, 7) is 2.27. The van der Waals surface area contributed by atoms with Crippen LogP contribution in [0.4, 0.5) is 0 Å². The lowest BCUT2D eigenvalue weighted by molar-refractivity contribution is 0.399. The summed E-state index contributed by atoms with van der Waals surface area (Å²) in [4.78, 5) is 2.25. The van der Waals surface area contributed by atoms with Crippen LogP contribution in [0.5, 0.6) is 0 Å². The number of nitrogens with zero attached hydrogens (tertiary/aromatic N) is 1. The minimum absolute atomic E-state index is 0.449. The second kappa shape index (κ2) is 4.73. The van der Waals surface area contributed by atoms with Crippen LogP contribution >= 0.6 is 0 Å². The molecule has 0 unspecified atom stereocenters. The van der Waals surface area contributed by atoms with E-state index in [9.17, 15) is 0 Å². The van der Waals surface area contributed by atoms with Crippen molar-refractivity contribution in [2.75, 3.05) is 27.2 Å². The molecule has 0 saturated carbocycles. The Bertz CT molecular complexity index is 60.1. The Balaban J connectivity index is 0.000000291. The maximum absolute atomic E-state index is 7.00. The molecule has 0 aliphatic carbocycles. The molecular weight excluding hydrogens is 116 g/mol. The molecule has 0 amide bonds. The molecule has 0 aromatic rings. The first kappa shape index (κ1) is 8.88. The molecule has 0 aromatic carbocycles. The molecule has 56 valence electrons. The zero-order valence-electron chi connectivity index (χ0n) is 6.17. The molecule has 1 saturated heterocycles. The van der Waals surface area contributed by atoms with Crippen molar-refractivity contribution in [3.63, 3.8) is 0 Å². The first-order valence-electron chi connectivity index (χ1n) is 3.18. The van der Waals surface area contributed by atoms with Gasteiger partial charge in [-0.15, -0.1) is 0 Å². The fourth-order valence-corrected chi connectivity index (χ4v) is 0.969. The van der Waals surface area contributed by atoms with Crippen LogP contribution < -0.4 is 5.73 Å². The monoisotopic (exact) mass is 132 g/mol. The quantitative estimate of drug-likeness (QED) is 0.456. The van der Waals surface area contributed by atoms with Gasteiger partial charge in [0.05, 0.1) is 0 Å². The highest BCUT2D eigenvalue weighted by atomic mass is 16.2. The molecule has 1 rings (SSSR count). The molecule has 1 fully saturated rings. The second-order valence-corrected chi connectivity index (χ2v) is 2.31. The zero-order valence-corrected chi connectivity index (χ0v) is 6.17. The molecule has 1 atom stereocenters. The topological polar surface area (TPSA) is 49.5 Å². The Labute approximate surface area is 56.5 Å². The van der Waals surface area contributed by atoms with Gasteiger partial charge < -0.3 is 15.7 Å². The third kappa shape index (κ3) is 3.46. The third-order valence-electron chi connectivity index (χ3n) is 1.43. The Kier molecular flexibility index (Phi) is 4.67. The van der Waals surface area contributed by atoms with Crippen molar-refractivity contribution in [2.24, 2.45) is 5.73 Å². The molecule has 3 nitrogen and oxygen atoms in total. The predicted octanol–water partition coefficient (Wildman–Crippen LogP) is -0.742. The van der Waals surface area contributed by atoms with Gasteiger partial charge in [-0.2, -0.15) is 0 Å². The normalized spacial score (nSPS) is 27.3. The zero-order chi connectivity index (χ0) is 7.28. The van der Waals surface area contributed by atoms with Crippen molar-refractivity contribution in [3.8, 4) is 0 Å². The van der Waals surface area contributed by atoms with Gasteiger partial charge >= 0.3 is 0 Å². The van der Waals surface area contributed by atoms with Crippen molar-refractivity contribution < 1.29 is 5.11 Å². The van der Waals surface area contributed by atoms with E-state index in [-0.39, 0.29) is 0 Å². The lowest BCUT2D eigenvalue weighted by Crippen LogP contribution is -2.23. The summed E-state index contributed by atoms with van der Waals surface area (Å²) in [6.07, 6.45) is 1.18. The first-order valence-corrected chi connectivity index (χ1v) is 3.18. The Morgan fingerprint density at radius 1 is 1.56 bits per heavy atom. The van der Waals surface area contributed by atoms with Gasteiger partial charge in [0.15, 0.2) is 0 Å².